The van der Waals surface area contributed by atoms with Gasteiger partial charge in [0.25, 0.3) is 0 Å². The van der Waals surface area contributed by atoms with Crippen molar-refractivity contribution in [1.82, 2.24) is 4.90 Å². The van der Waals surface area contributed by atoms with Gasteiger partial charge in [-0.15, -0.1) is 0 Å². The van der Waals surface area contributed by atoms with E-state index in [-0.39, 0.29) is 24.7 Å². The molecule has 4 heteroatoms. The van der Waals surface area contributed by atoms with Crippen LogP contribution in [0.4, 0.5) is 4.79 Å². The molecule has 1 N–H and O–H groups in total. The van der Waals surface area contributed by atoms with Gasteiger partial charge in [0.15, 0.2) is 0 Å². The molecule has 0 radical (unpaired) electrons. The Bertz CT molecular complexity index is 439. The number of benzene rings is 1. The first-order valence-corrected chi connectivity index (χ1v) is 7.40. The molecule has 118 valence electrons. The minimum absolute atomic E-state index is 0.0826. The van der Waals surface area contributed by atoms with Gasteiger partial charge in [-0.1, -0.05) is 37.3 Å². The second-order valence-corrected chi connectivity index (χ2v) is 6.48. The van der Waals surface area contributed by atoms with Crippen LogP contribution in [-0.4, -0.2) is 40.9 Å². The second-order valence-electron chi connectivity index (χ2n) is 6.48. The zero-order valence-electron chi connectivity index (χ0n) is 13.7. The molecule has 4 nitrogen and oxygen atoms in total. The standard InChI is InChI=1S/C17H27NO3/c1-13(15-9-7-6-8-10-15)11-18(14(2)12-19)16(20)21-17(3,4)5/h6-10,13-14,19H,11-12H2,1-5H3/t13?,14-/m1/s1. The summed E-state index contributed by atoms with van der Waals surface area (Å²) >= 11 is 0. The molecule has 0 saturated carbocycles. The molecule has 1 amide bonds. The lowest BCUT2D eigenvalue weighted by molar-refractivity contribution is 0.0104. The van der Waals surface area contributed by atoms with Gasteiger partial charge in [-0.05, 0) is 39.2 Å². The van der Waals surface area contributed by atoms with E-state index in [9.17, 15) is 9.90 Å². The van der Waals surface area contributed by atoms with E-state index in [1.165, 1.54) is 0 Å². The maximum Gasteiger partial charge on any atom is 0.410 e. The number of aliphatic hydroxyl groups excluding tert-OH is 1. The van der Waals surface area contributed by atoms with Crippen LogP contribution in [-0.2, 0) is 4.74 Å². The van der Waals surface area contributed by atoms with Crippen LogP contribution in [0.25, 0.3) is 0 Å². The van der Waals surface area contributed by atoms with Crippen molar-refractivity contribution in [2.45, 2.75) is 52.2 Å². The highest BCUT2D eigenvalue weighted by Gasteiger charge is 2.27. The first-order valence-electron chi connectivity index (χ1n) is 7.40. The van der Waals surface area contributed by atoms with Gasteiger partial charge in [-0.25, -0.2) is 4.79 Å². The minimum Gasteiger partial charge on any atom is -0.444 e. The maximum absolute atomic E-state index is 12.3. The Kier molecular flexibility index (Phi) is 6.21. The summed E-state index contributed by atoms with van der Waals surface area (Å²) in [5.74, 6) is 0.174. The molecule has 1 aromatic carbocycles. The summed E-state index contributed by atoms with van der Waals surface area (Å²) < 4.78 is 5.44. The van der Waals surface area contributed by atoms with E-state index in [4.69, 9.17) is 4.74 Å². The van der Waals surface area contributed by atoms with Crippen molar-refractivity contribution in [3.05, 3.63) is 35.9 Å². The van der Waals surface area contributed by atoms with E-state index in [2.05, 4.69) is 6.92 Å². The Balaban J connectivity index is 2.81. The van der Waals surface area contributed by atoms with Crippen LogP contribution in [0.1, 0.15) is 46.1 Å². The minimum atomic E-state index is -0.541. The molecule has 0 fully saturated rings. The van der Waals surface area contributed by atoms with Gasteiger partial charge in [-0.3, -0.25) is 0 Å². The molecule has 1 unspecified atom stereocenters. The smallest absolute Gasteiger partial charge is 0.410 e. The van der Waals surface area contributed by atoms with Crippen LogP contribution in [0.2, 0.25) is 0 Å². The van der Waals surface area contributed by atoms with Gasteiger partial charge < -0.3 is 14.7 Å². The Morgan fingerprint density at radius 2 is 1.81 bits per heavy atom. The average molecular weight is 293 g/mol. The maximum atomic E-state index is 12.3. The fraction of sp³-hybridized carbons (Fsp3) is 0.588. The predicted octanol–water partition coefficient (Wildman–Crippen LogP) is 3.41. The lowest BCUT2D eigenvalue weighted by Crippen LogP contribution is -2.45. The number of amides is 1. The molecular formula is C17H27NO3. The van der Waals surface area contributed by atoms with Gasteiger partial charge in [0.2, 0.25) is 0 Å². The van der Waals surface area contributed by atoms with Crippen LogP contribution in [0.3, 0.4) is 0 Å². The van der Waals surface area contributed by atoms with Crippen LogP contribution in [0.15, 0.2) is 30.3 Å². The van der Waals surface area contributed by atoms with Crippen molar-refractivity contribution in [3.63, 3.8) is 0 Å². The monoisotopic (exact) mass is 293 g/mol. The molecule has 0 saturated heterocycles. The number of ether oxygens (including phenoxy) is 1. The summed E-state index contributed by atoms with van der Waals surface area (Å²) in [5.41, 5.74) is 0.622. The van der Waals surface area contributed by atoms with Gasteiger partial charge in [-0.2, -0.15) is 0 Å². The molecule has 0 aliphatic carbocycles. The molecule has 0 bridgehead atoms. The number of carbonyl (C=O) groups is 1. The molecule has 1 aromatic rings. The average Bonchev–Trinajstić information content (AvgIpc) is 2.42. The van der Waals surface area contributed by atoms with E-state index in [1.807, 2.05) is 58.0 Å². The molecule has 21 heavy (non-hydrogen) atoms. The predicted molar refractivity (Wildman–Crippen MR) is 84.3 cm³/mol. The zero-order chi connectivity index (χ0) is 16.0. The summed E-state index contributed by atoms with van der Waals surface area (Å²) in [5, 5.41) is 9.39. The van der Waals surface area contributed by atoms with Crippen LogP contribution in [0, 0.1) is 0 Å². The summed E-state index contributed by atoms with van der Waals surface area (Å²) in [6, 6.07) is 9.76. The van der Waals surface area contributed by atoms with E-state index < -0.39 is 5.60 Å². The number of hydrogen-bond donors (Lipinski definition) is 1. The van der Waals surface area contributed by atoms with Gasteiger partial charge >= 0.3 is 6.09 Å². The second kappa shape index (κ2) is 7.46. The lowest BCUT2D eigenvalue weighted by atomic mass is 10.0. The molecule has 0 aromatic heterocycles. The lowest BCUT2D eigenvalue weighted by Gasteiger charge is -2.32. The highest BCUT2D eigenvalue weighted by atomic mass is 16.6. The first-order chi connectivity index (χ1) is 9.74. The highest BCUT2D eigenvalue weighted by molar-refractivity contribution is 5.68. The van der Waals surface area contributed by atoms with Crippen LogP contribution >= 0.6 is 0 Å². The zero-order valence-corrected chi connectivity index (χ0v) is 13.7. The van der Waals surface area contributed by atoms with Crippen molar-refractivity contribution in [2.24, 2.45) is 0 Å². The number of aliphatic hydroxyl groups is 1. The highest BCUT2D eigenvalue weighted by Crippen LogP contribution is 2.19. The molecular weight excluding hydrogens is 266 g/mol. The third kappa shape index (κ3) is 5.76. The molecule has 0 aliphatic heterocycles. The Labute approximate surface area is 127 Å². The number of hydrogen-bond acceptors (Lipinski definition) is 3. The third-order valence-corrected chi connectivity index (χ3v) is 3.26. The van der Waals surface area contributed by atoms with Crippen LogP contribution < -0.4 is 0 Å². The van der Waals surface area contributed by atoms with E-state index in [0.717, 1.165) is 5.56 Å². The summed E-state index contributed by atoms with van der Waals surface area (Å²) in [6.07, 6.45) is -0.383. The number of rotatable bonds is 5. The Morgan fingerprint density at radius 1 is 1.24 bits per heavy atom. The van der Waals surface area contributed by atoms with Gasteiger partial charge in [0, 0.05) is 6.54 Å². The fourth-order valence-electron chi connectivity index (χ4n) is 2.04. The van der Waals surface area contributed by atoms with Crippen molar-refractivity contribution >= 4 is 6.09 Å². The van der Waals surface area contributed by atoms with Crippen LogP contribution in [0.5, 0.6) is 0 Å². The van der Waals surface area contributed by atoms with E-state index >= 15 is 0 Å². The largest absolute Gasteiger partial charge is 0.444 e. The number of carbonyl (C=O) groups excluding carboxylic acids is 1. The first kappa shape index (κ1) is 17.5. The summed E-state index contributed by atoms with van der Waals surface area (Å²) in [6.45, 7) is 9.84. The van der Waals surface area contributed by atoms with Gasteiger partial charge in [0.05, 0.1) is 12.6 Å². The Morgan fingerprint density at radius 3 is 2.29 bits per heavy atom. The van der Waals surface area contributed by atoms with Crippen molar-refractivity contribution in [1.29, 1.82) is 0 Å². The molecule has 0 aliphatic rings. The Hall–Kier alpha value is -1.55. The topological polar surface area (TPSA) is 49.8 Å². The third-order valence-electron chi connectivity index (χ3n) is 3.26. The molecule has 1 rings (SSSR count). The SMILES string of the molecule is CC(CN(C(=O)OC(C)(C)C)[C@H](C)CO)c1ccccc1. The quantitative estimate of drug-likeness (QED) is 0.905. The normalized spacial score (nSPS) is 14.4. The van der Waals surface area contributed by atoms with Gasteiger partial charge in [0.1, 0.15) is 5.60 Å². The molecule has 0 spiro atoms. The van der Waals surface area contributed by atoms with E-state index in [1.54, 1.807) is 4.90 Å². The van der Waals surface area contributed by atoms with E-state index in [0.29, 0.717) is 6.54 Å². The van der Waals surface area contributed by atoms with Crippen molar-refractivity contribution in [2.75, 3.05) is 13.2 Å². The summed E-state index contributed by atoms with van der Waals surface area (Å²) in [7, 11) is 0. The molecule has 0 heterocycles. The number of nitrogens with zero attached hydrogens (tertiary/aromatic N) is 1. The van der Waals surface area contributed by atoms with Crippen molar-refractivity contribution in [3.8, 4) is 0 Å². The summed E-state index contributed by atoms with van der Waals surface area (Å²) in [4.78, 5) is 13.9. The fourth-order valence-corrected chi connectivity index (χ4v) is 2.04. The molecule has 2 atom stereocenters. The van der Waals surface area contributed by atoms with Crippen molar-refractivity contribution < 1.29 is 14.6 Å².